The molecule has 0 spiro atoms. The van der Waals surface area contributed by atoms with Crippen LogP contribution < -0.4 is 5.32 Å². The van der Waals surface area contributed by atoms with E-state index < -0.39 is 16.7 Å². The molecule has 0 unspecified atom stereocenters. The number of halogens is 3. The predicted molar refractivity (Wildman–Crippen MR) is 70.1 cm³/mol. The number of imidazole rings is 1. The maximum Gasteiger partial charge on any atom is 0.442 e. The lowest BCUT2D eigenvalue weighted by molar-refractivity contribution is -0.120. The average Bonchev–Trinajstić information content (AvgIpc) is 2.76. The molecule has 0 fully saturated rings. The Morgan fingerprint density at radius 1 is 1.50 bits per heavy atom. The number of nitrogens with one attached hydrogen (secondary N) is 1. The minimum atomic E-state index is -4.42. The van der Waals surface area contributed by atoms with Gasteiger partial charge < -0.3 is 9.72 Å². The second-order valence-electron chi connectivity index (χ2n) is 4.12. The molecule has 8 heteroatoms. The lowest BCUT2D eigenvalue weighted by Gasteiger charge is -2.12. The Balaban J connectivity index is 1.93. The van der Waals surface area contributed by atoms with E-state index in [1.165, 1.54) is 6.92 Å². The van der Waals surface area contributed by atoms with Crippen LogP contribution in [0.25, 0.3) is 5.65 Å². The highest BCUT2D eigenvalue weighted by atomic mass is 32.2. The van der Waals surface area contributed by atoms with Crippen LogP contribution in [0.1, 0.15) is 12.6 Å². The van der Waals surface area contributed by atoms with E-state index in [2.05, 4.69) is 10.3 Å². The third-order valence-electron chi connectivity index (χ3n) is 2.54. The number of amides is 1. The fourth-order valence-corrected chi connectivity index (χ4v) is 2.24. The highest BCUT2D eigenvalue weighted by Gasteiger charge is 2.33. The quantitative estimate of drug-likeness (QED) is 0.944. The summed E-state index contributed by atoms with van der Waals surface area (Å²) in [5, 5.41) is 1.26. The molecule has 0 aliphatic carbocycles. The van der Waals surface area contributed by atoms with Crippen molar-refractivity contribution >= 4 is 23.3 Å². The topological polar surface area (TPSA) is 46.4 Å². The van der Waals surface area contributed by atoms with Crippen molar-refractivity contribution in [3.63, 3.8) is 0 Å². The van der Waals surface area contributed by atoms with Crippen LogP contribution in [0.5, 0.6) is 0 Å². The molecule has 0 aliphatic rings. The molecule has 1 amide bonds. The molecule has 2 heterocycles. The maximum atomic E-state index is 12.1. The normalized spacial score (nSPS) is 13.4. The minimum Gasteiger partial charge on any atom is -0.349 e. The first-order valence-corrected chi connectivity index (χ1v) is 6.68. The van der Waals surface area contributed by atoms with Gasteiger partial charge in [-0.05, 0) is 30.8 Å². The van der Waals surface area contributed by atoms with Crippen LogP contribution in [0.2, 0.25) is 0 Å². The number of aromatic nitrogens is 2. The van der Waals surface area contributed by atoms with Gasteiger partial charge in [0.2, 0.25) is 5.91 Å². The summed E-state index contributed by atoms with van der Waals surface area (Å²) < 4.78 is 38.2. The molecule has 2 rings (SSSR count). The third-order valence-corrected chi connectivity index (χ3v) is 3.37. The third kappa shape index (κ3) is 3.89. The van der Waals surface area contributed by atoms with Crippen molar-refractivity contribution < 1.29 is 18.0 Å². The van der Waals surface area contributed by atoms with E-state index in [-0.39, 0.29) is 18.3 Å². The Labute approximate surface area is 117 Å². The van der Waals surface area contributed by atoms with Crippen LogP contribution in [0, 0.1) is 0 Å². The Hall–Kier alpha value is -1.70. The summed E-state index contributed by atoms with van der Waals surface area (Å²) in [7, 11) is 0. The average molecular weight is 303 g/mol. The van der Waals surface area contributed by atoms with E-state index >= 15 is 0 Å². The van der Waals surface area contributed by atoms with Gasteiger partial charge in [0.15, 0.2) is 0 Å². The van der Waals surface area contributed by atoms with Crippen molar-refractivity contribution in [2.45, 2.75) is 24.2 Å². The molecule has 20 heavy (non-hydrogen) atoms. The number of carbonyl (C=O) groups is 1. The SMILES string of the molecule is C[C@@H](SC(F)(F)F)C(=O)NCc1cn2ccccc2n1. The van der Waals surface area contributed by atoms with Crippen molar-refractivity contribution in [1.82, 2.24) is 14.7 Å². The van der Waals surface area contributed by atoms with Crippen molar-refractivity contribution in [2.24, 2.45) is 0 Å². The highest BCUT2D eigenvalue weighted by molar-refractivity contribution is 8.01. The van der Waals surface area contributed by atoms with Gasteiger partial charge in [0.25, 0.3) is 0 Å². The largest absolute Gasteiger partial charge is 0.442 e. The van der Waals surface area contributed by atoms with Gasteiger partial charge in [0, 0.05) is 12.4 Å². The van der Waals surface area contributed by atoms with E-state index in [9.17, 15) is 18.0 Å². The summed E-state index contributed by atoms with van der Waals surface area (Å²) in [5.74, 6) is -0.663. The lowest BCUT2D eigenvalue weighted by atomic mass is 10.4. The maximum absolute atomic E-state index is 12.1. The molecule has 0 aliphatic heterocycles. The Kier molecular flexibility index (Phi) is 4.22. The Bertz CT molecular complexity index is 578. The second-order valence-corrected chi connectivity index (χ2v) is 5.53. The van der Waals surface area contributed by atoms with Crippen LogP contribution in [-0.2, 0) is 11.3 Å². The molecule has 0 saturated heterocycles. The molecule has 0 aromatic carbocycles. The fourth-order valence-electron chi connectivity index (χ4n) is 1.65. The molecule has 1 N–H and O–H groups in total. The van der Waals surface area contributed by atoms with Gasteiger partial charge in [-0.15, -0.1) is 0 Å². The molecular weight excluding hydrogens is 291 g/mol. The van der Waals surface area contributed by atoms with Crippen molar-refractivity contribution in [2.75, 3.05) is 0 Å². The number of fused-ring (bicyclic) bond motifs is 1. The first kappa shape index (κ1) is 14.7. The highest BCUT2D eigenvalue weighted by Crippen LogP contribution is 2.33. The fraction of sp³-hybridized carbons (Fsp3) is 0.333. The lowest BCUT2D eigenvalue weighted by Crippen LogP contribution is -2.32. The van der Waals surface area contributed by atoms with E-state index in [0.29, 0.717) is 5.69 Å². The zero-order valence-electron chi connectivity index (χ0n) is 10.5. The van der Waals surface area contributed by atoms with Gasteiger partial charge in [-0.3, -0.25) is 4.79 Å². The van der Waals surface area contributed by atoms with E-state index in [1.807, 2.05) is 12.1 Å². The summed E-state index contributed by atoms with van der Waals surface area (Å²) in [6, 6.07) is 5.46. The van der Waals surface area contributed by atoms with Crippen LogP contribution >= 0.6 is 11.8 Å². The molecule has 0 radical (unpaired) electrons. The van der Waals surface area contributed by atoms with E-state index in [0.717, 1.165) is 5.65 Å². The van der Waals surface area contributed by atoms with Crippen LogP contribution in [0.4, 0.5) is 13.2 Å². The first-order valence-electron chi connectivity index (χ1n) is 5.80. The number of rotatable bonds is 4. The number of carbonyl (C=O) groups excluding carboxylic acids is 1. The Morgan fingerprint density at radius 3 is 2.90 bits per heavy atom. The van der Waals surface area contributed by atoms with Crippen LogP contribution in [-0.4, -0.2) is 26.1 Å². The van der Waals surface area contributed by atoms with E-state index in [4.69, 9.17) is 0 Å². The summed E-state index contributed by atoms with van der Waals surface area (Å²) >= 11 is -0.333. The van der Waals surface area contributed by atoms with Gasteiger partial charge in [-0.1, -0.05) is 6.07 Å². The molecule has 0 saturated carbocycles. The monoisotopic (exact) mass is 303 g/mol. The summed E-state index contributed by atoms with van der Waals surface area (Å²) in [5.41, 5.74) is -3.11. The number of pyridine rings is 1. The summed E-state index contributed by atoms with van der Waals surface area (Å²) in [6.07, 6.45) is 3.52. The predicted octanol–water partition coefficient (Wildman–Crippen LogP) is 2.59. The second kappa shape index (κ2) is 5.74. The van der Waals surface area contributed by atoms with Crippen LogP contribution in [0.3, 0.4) is 0 Å². The number of hydrogen-bond donors (Lipinski definition) is 1. The molecule has 108 valence electrons. The van der Waals surface area contributed by atoms with Crippen molar-refractivity contribution in [1.29, 1.82) is 0 Å². The number of alkyl halides is 3. The zero-order chi connectivity index (χ0) is 14.8. The molecule has 4 nitrogen and oxygen atoms in total. The summed E-state index contributed by atoms with van der Waals surface area (Å²) in [4.78, 5) is 15.8. The smallest absolute Gasteiger partial charge is 0.349 e. The number of nitrogens with zero attached hydrogens (tertiary/aromatic N) is 2. The standard InChI is InChI=1S/C12H12F3N3OS/c1-8(20-12(13,14)15)11(19)16-6-9-7-18-5-3-2-4-10(18)17-9/h2-5,7-8H,6H2,1H3,(H,16,19)/t8-/m1/s1. The Morgan fingerprint density at radius 2 is 2.25 bits per heavy atom. The van der Waals surface area contributed by atoms with Gasteiger partial charge in [-0.2, -0.15) is 13.2 Å². The van der Waals surface area contributed by atoms with Crippen LogP contribution in [0.15, 0.2) is 30.6 Å². The van der Waals surface area contributed by atoms with Gasteiger partial charge >= 0.3 is 5.51 Å². The molecular formula is C12H12F3N3OS. The molecule has 2 aromatic heterocycles. The number of thioether (sulfide) groups is 1. The minimum absolute atomic E-state index is 0.100. The summed E-state index contributed by atoms with van der Waals surface area (Å²) in [6.45, 7) is 1.32. The van der Waals surface area contributed by atoms with Crippen molar-refractivity contribution in [3.05, 3.63) is 36.3 Å². The van der Waals surface area contributed by atoms with E-state index in [1.54, 1.807) is 22.9 Å². The number of hydrogen-bond acceptors (Lipinski definition) is 3. The van der Waals surface area contributed by atoms with Gasteiger partial charge in [0.1, 0.15) is 5.65 Å². The molecule has 2 aromatic rings. The van der Waals surface area contributed by atoms with Gasteiger partial charge in [-0.25, -0.2) is 4.98 Å². The molecule has 1 atom stereocenters. The first-order chi connectivity index (χ1) is 9.35. The molecule has 0 bridgehead atoms. The zero-order valence-corrected chi connectivity index (χ0v) is 11.3. The van der Waals surface area contributed by atoms with Gasteiger partial charge in [0.05, 0.1) is 17.5 Å². The van der Waals surface area contributed by atoms with Crippen molar-refractivity contribution in [3.8, 4) is 0 Å².